The Kier molecular flexibility index (Phi) is 8.79. The number of carbonyl (C=O) groups is 2. The van der Waals surface area contributed by atoms with Crippen LogP contribution in [0.3, 0.4) is 0 Å². The largest absolute Gasteiger partial charge is 0.480 e. The van der Waals surface area contributed by atoms with Crippen LogP contribution in [-0.2, 0) is 20.9 Å². The molecule has 0 saturated heterocycles. The van der Waals surface area contributed by atoms with Gasteiger partial charge in [-0.05, 0) is 44.4 Å². The molecule has 1 fully saturated rings. The fourth-order valence-corrected chi connectivity index (χ4v) is 4.61. The van der Waals surface area contributed by atoms with E-state index in [1.807, 2.05) is 61.5 Å². The fourth-order valence-electron chi connectivity index (χ4n) is 4.61. The maximum absolute atomic E-state index is 13.0. The molecule has 0 bridgehead atoms. The third kappa shape index (κ3) is 7.33. The normalized spacial score (nSPS) is 17.3. The third-order valence-corrected chi connectivity index (χ3v) is 6.67. The molecule has 1 saturated carbocycles. The minimum atomic E-state index is -1.09. The van der Waals surface area contributed by atoms with Crippen LogP contribution in [0.2, 0.25) is 0 Å². The summed E-state index contributed by atoms with van der Waals surface area (Å²) in [6.07, 6.45) is 3.70. The maximum atomic E-state index is 13.0. The van der Waals surface area contributed by atoms with Gasteiger partial charge in [0.15, 0.2) is 0 Å². The first-order valence-electron chi connectivity index (χ1n) is 12.6. The summed E-state index contributed by atoms with van der Waals surface area (Å²) in [6, 6.07) is 17.7. The number of aryl methyl sites for hydroxylation is 1. The Balaban J connectivity index is 1.40. The molecule has 3 aromatic rings. The number of rotatable bonds is 10. The standard InChI is InChI=1S/C28H32N4O5/c1-19-7-13-23(14-8-19)27-26(22-5-3-2-4-6-22)30-28(36)32(31-27)16-20-9-11-21(12-10-20)17-37-18-24(33)29-15-25(34)35/h2-8,13-14,20-21H,9-12,15-18H2,1H3,(H,29,33)(H,34,35)/t20-,21-. The molecule has 194 valence electrons. The van der Waals surface area contributed by atoms with Gasteiger partial charge in [0.1, 0.15) is 24.5 Å². The first-order valence-corrected chi connectivity index (χ1v) is 12.6. The Hall–Kier alpha value is -3.85. The number of aliphatic carboxylic acids is 1. The highest BCUT2D eigenvalue weighted by molar-refractivity contribution is 5.81. The number of hydrogen-bond donors (Lipinski definition) is 2. The lowest BCUT2D eigenvalue weighted by Crippen LogP contribution is -2.33. The molecule has 2 aromatic carbocycles. The van der Waals surface area contributed by atoms with E-state index < -0.39 is 18.4 Å². The van der Waals surface area contributed by atoms with Crippen molar-refractivity contribution in [2.75, 3.05) is 19.8 Å². The van der Waals surface area contributed by atoms with Crippen molar-refractivity contribution in [2.45, 2.75) is 39.2 Å². The van der Waals surface area contributed by atoms with E-state index in [9.17, 15) is 14.4 Å². The molecule has 1 aromatic heterocycles. The van der Waals surface area contributed by atoms with Gasteiger partial charge in [0, 0.05) is 17.7 Å². The molecule has 0 aliphatic heterocycles. The zero-order chi connectivity index (χ0) is 26.2. The molecule has 1 aliphatic rings. The summed E-state index contributed by atoms with van der Waals surface area (Å²) < 4.78 is 6.98. The van der Waals surface area contributed by atoms with Crippen molar-refractivity contribution < 1.29 is 19.4 Å². The van der Waals surface area contributed by atoms with Crippen LogP contribution in [0.15, 0.2) is 59.4 Å². The predicted molar refractivity (Wildman–Crippen MR) is 139 cm³/mol. The van der Waals surface area contributed by atoms with Crippen LogP contribution < -0.4 is 11.0 Å². The van der Waals surface area contributed by atoms with Gasteiger partial charge in [0.25, 0.3) is 0 Å². The van der Waals surface area contributed by atoms with Gasteiger partial charge in [-0.15, -0.1) is 0 Å². The van der Waals surface area contributed by atoms with Crippen LogP contribution in [-0.4, -0.2) is 51.5 Å². The second-order valence-corrected chi connectivity index (χ2v) is 9.58. The summed E-state index contributed by atoms with van der Waals surface area (Å²) in [7, 11) is 0. The first kappa shape index (κ1) is 26.2. The van der Waals surface area contributed by atoms with E-state index >= 15 is 0 Å². The molecular weight excluding hydrogens is 472 g/mol. The molecule has 0 spiro atoms. The molecule has 1 amide bonds. The number of nitrogens with one attached hydrogen (secondary N) is 1. The number of carboxylic acid groups (broad SMARTS) is 1. The summed E-state index contributed by atoms with van der Waals surface area (Å²) in [5.41, 5.74) is 3.83. The van der Waals surface area contributed by atoms with Gasteiger partial charge >= 0.3 is 11.7 Å². The molecule has 0 unspecified atom stereocenters. The summed E-state index contributed by atoms with van der Waals surface area (Å²) >= 11 is 0. The highest BCUT2D eigenvalue weighted by Gasteiger charge is 2.24. The van der Waals surface area contributed by atoms with E-state index in [1.54, 1.807) is 0 Å². The summed E-state index contributed by atoms with van der Waals surface area (Å²) in [6.45, 7) is 2.44. The average Bonchev–Trinajstić information content (AvgIpc) is 2.90. The maximum Gasteiger partial charge on any atom is 0.364 e. The summed E-state index contributed by atoms with van der Waals surface area (Å²) in [4.78, 5) is 39.5. The molecule has 0 radical (unpaired) electrons. The summed E-state index contributed by atoms with van der Waals surface area (Å²) in [5.74, 6) is -0.890. The van der Waals surface area contributed by atoms with Gasteiger partial charge in [-0.3, -0.25) is 9.59 Å². The van der Waals surface area contributed by atoms with Crippen molar-refractivity contribution in [3.63, 3.8) is 0 Å². The quantitative estimate of drug-likeness (QED) is 0.434. The Bertz CT molecular complexity index is 1270. The number of benzene rings is 2. The van der Waals surface area contributed by atoms with Gasteiger partial charge in [-0.2, -0.15) is 10.1 Å². The Morgan fingerprint density at radius 1 is 0.973 bits per heavy atom. The number of amides is 1. The van der Waals surface area contributed by atoms with E-state index in [1.165, 1.54) is 4.68 Å². The molecule has 9 nitrogen and oxygen atoms in total. The lowest BCUT2D eigenvalue weighted by Gasteiger charge is -2.28. The molecular formula is C28H32N4O5. The van der Waals surface area contributed by atoms with Crippen molar-refractivity contribution in [1.82, 2.24) is 20.1 Å². The van der Waals surface area contributed by atoms with E-state index in [4.69, 9.17) is 14.9 Å². The second-order valence-electron chi connectivity index (χ2n) is 9.58. The average molecular weight is 505 g/mol. The Morgan fingerprint density at radius 3 is 2.30 bits per heavy atom. The minimum absolute atomic E-state index is 0.145. The Labute approximate surface area is 215 Å². The van der Waals surface area contributed by atoms with Crippen molar-refractivity contribution in [2.24, 2.45) is 11.8 Å². The van der Waals surface area contributed by atoms with Crippen molar-refractivity contribution in [1.29, 1.82) is 0 Å². The smallest absolute Gasteiger partial charge is 0.364 e. The van der Waals surface area contributed by atoms with Crippen molar-refractivity contribution >= 4 is 11.9 Å². The minimum Gasteiger partial charge on any atom is -0.480 e. The fraction of sp³-hybridized carbons (Fsp3) is 0.393. The molecule has 0 atom stereocenters. The zero-order valence-electron chi connectivity index (χ0n) is 20.9. The molecule has 1 heterocycles. The van der Waals surface area contributed by atoms with Gasteiger partial charge in [0.05, 0.1) is 6.61 Å². The van der Waals surface area contributed by atoms with Crippen molar-refractivity contribution in [3.05, 3.63) is 70.6 Å². The SMILES string of the molecule is Cc1ccc(-c2nn(C[C@H]3CC[C@H](COCC(=O)NCC(=O)O)CC3)c(=O)nc2-c2ccccc2)cc1. The van der Waals surface area contributed by atoms with Crippen LogP contribution in [0.4, 0.5) is 0 Å². The van der Waals surface area contributed by atoms with Gasteiger partial charge in [-0.1, -0.05) is 60.2 Å². The van der Waals surface area contributed by atoms with E-state index in [2.05, 4.69) is 10.3 Å². The summed E-state index contributed by atoms with van der Waals surface area (Å²) in [5, 5.41) is 15.7. The number of carboxylic acids is 1. The third-order valence-electron chi connectivity index (χ3n) is 6.67. The molecule has 37 heavy (non-hydrogen) atoms. The molecule has 4 rings (SSSR count). The van der Waals surface area contributed by atoms with Gasteiger partial charge < -0.3 is 15.2 Å². The lowest BCUT2D eigenvalue weighted by atomic mass is 9.82. The molecule has 2 N–H and O–H groups in total. The molecule has 1 aliphatic carbocycles. The van der Waals surface area contributed by atoms with Crippen LogP contribution >= 0.6 is 0 Å². The Morgan fingerprint density at radius 2 is 1.62 bits per heavy atom. The highest BCUT2D eigenvalue weighted by atomic mass is 16.5. The van der Waals surface area contributed by atoms with Crippen LogP contribution in [0.1, 0.15) is 31.2 Å². The van der Waals surface area contributed by atoms with Crippen LogP contribution in [0.5, 0.6) is 0 Å². The second kappa shape index (κ2) is 12.4. The predicted octanol–water partition coefficient (Wildman–Crippen LogP) is 3.30. The number of carbonyl (C=O) groups excluding carboxylic acids is 1. The van der Waals surface area contributed by atoms with E-state index in [0.29, 0.717) is 36.4 Å². The van der Waals surface area contributed by atoms with Crippen LogP contribution in [0.25, 0.3) is 22.5 Å². The van der Waals surface area contributed by atoms with Crippen molar-refractivity contribution in [3.8, 4) is 22.5 Å². The van der Waals surface area contributed by atoms with Crippen LogP contribution in [0, 0.1) is 18.8 Å². The number of hydrogen-bond acceptors (Lipinski definition) is 6. The van der Waals surface area contributed by atoms with Gasteiger partial charge in [-0.25, -0.2) is 9.48 Å². The van der Waals surface area contributed by atoms with E-state index in [-0.39, 0.29) is 12.3 Å². The van der Waals surface area contributed by atoms with Gasteiger partial charge in [0.2, 0.25) is 5.91 Å². The zero-order valence-corrected chi connectivity index (χ0v) is 20.9. The topological polar surface area (TPSA) is 123 Å². The van der Waals surface area contributed by atoms with E-state index in [0.717, 1.165) is 42.4 Å². The monoisotopic (exact) mass is 504 g/mol. The first-order chi connectivity index (χ1) is 17.9. The lowest BCUT2D eigenvalue weighted by molar-refractivity contribution is -0.138. The number of aromatic nitrogens is 3. The number of ether oxygens (including phenoxy) is 1. The highest BCUT2D eigenvalue weighted by Crippen LogP contribution is 2.31. The number of nitrogens with zero attached hydrogens (tertiary/aromatic N) is 3. The molecule has 9 heteroatoms.